The molecule has 0 rings (SSSR count). The second-order valence-electron chi connectivity index (χ2n) is 8.30. The Labute approximate surface area is 160 Å². The van der Waals surface area contributed by atoms with Gasteiger partial charge in [-0.25, -0.2) is 0 Å². The number of rotatable bonds is 14. The number of aliphatic hydroxyl groups excluding tert-OH is 1. The highest BCUT2D eigenvalue weighted by Gasteiger charge is 2.30. The smallest absolute Gasteiger partial charge is 0.135 e. The molecule has 0 aromatic carbocycles. The van der Waals surface area contributed by atoms with Gasteiger partial charge in [0.25, 0.3) is 0 Å². The maximum atomic E-state index is 11.9. The van der Waals surface area contributed by atoms with Gasteiger partial charge in [-0.3, -0.25) is 4.79 Å². The summed E-state index contributed by atoms with van der Waals surface area (Å²) in [6.07, 6.45) is 0.0438. The first-order valence-corrected chi connectivity index (χ1v) is 10.1. The van der Waals surface area contributed by atoms with Crippen molar-refractivity contribution in [1.82, 2.24) is 0 Å². The van der Waals surface area contributed by atoms with Crippen LogP contribution in [0.15, 0.2) is 0 Å². The van der Waals surface area contributed by atoms with Gasteiger partial charge in [0.1, 0.15) is 5.78 Å². The van der Waals surface area contributed by atoms with E-state index < -0.39 is 12.2 Å². The third-order valence-corrected chi connectivity index (χ3v) is 4.13. The maximum absolute atomic E-state index is 11.9. The molecular formula is C21H42O5. The van der Waals surface area contributed by atoms with Crippen LogP contribution in [-0.2, 0) is 19.0 Å². The maximum Gasteiger partial charge on any atom is 0.135 e. The van der Waals surface area contributed by atoms with Crippen molar-refractivity contribution in [2.24, 2.45) is 5.92 Å². The highest BCUT2D eigenvalue weighted by molar-refractivity contribution is 5.80. The van der Waals surface area contributed by atoms with Gasteiger partial charge in [-0.05, 0) is 54.9 Å². The summed E-state index contributed by atoms with van der Waals surface area (Å²) in [7, 11) is 0. The molecule has 0 radical (unpaired) electrons. The lowest BCUT2D eigenvalue weighted by Gasteiger charge is -2.33. The molecule has 5 nitrogen and oxygen atoms in total. The first-order valence-electron chi connectivity index (χ1n) is 10.1. The summed E-state index contributed by atoms with van der Waals surface area (Å²) in [6.45, 7) is 17.6. The molecule has 0 fully saturated rings. The molecule has 156 valence electrons. The lowest BCUT2D eigenvalue weighted by atomic mass is 9.96. The van der Waals surface area contributed by atoms with Crippen LogP contribution in [0, 0.1) is 5.92 Å². The molecule has 0 saturated carbocycles. The normalized spacial score (nSPS) is 17.2. The quantitative estimate of drug-likeness (QED) is 0.495. The molecule has 26 heavy (non-hydrogen) atoms. The summed E-state index contributed by atoms with van der Waals surface area (Å²) in [5.41, 5.74) is 0. The Bertz CT molecular complexity index is 379. The number of Topliss-reactive ketones (excluding diaryl/α,β-unsaturated/α-hetero) is 1. The van der Waals surface area contributed by atoms with Crippen LogP contribution in [0.25, 0.3) is 0 Å². The minimum Gasteiger partial charge on any atom is -0.390 e. The van der Waals surface area contributed by atoms with Gasteiger partial charge in [0, 0.05) is 18.8 Å². The van der Waals surface area contributed by atoms with Crippen molar-refractivity contribution in [3.8, 4) is 0 Å². The predicted octanol–water partition coefficient (Wildman–Crippen LogP) is 4.14. The summed E-state index contributed by atoms with van der Waals surface area (Å²) in [6, 6.07) is 0. The zero-order valence-corrected chi connectivity index (χ0v) is 18.3. The fourth-order valence-electron chi connectivity index (χ4n) is 2.87. The average Bonchev–Trinajstić information content (AvgIpc) is 2.48. The molecule has 4 atom stereocenters. The molecule has 0 aromatic heterocycles. The van der Waals surface area contributed by atoms with Crippen molar-refractivity contribution < 1.29 is 24.1 Å². The van der Waals surface area contributed by atoms with Gasteiger partial charge in [0.05, 0.1) is 42.7 Å². The van der Waals surface area contributed by atoms with Crippen LogP contribution in [0.5, 0.6) is 0 Å². The summed E-state index contributed by atoms with van der Waals surface area (Å²) >= 11 is 0. The summed E-state index contributed by atoms with van der Waals surface area (Å²) < 4.78 is 17.9. The van der Waals surface area contributed by atoms with Crippen molar-refractivity contribution in [1.29, 1.82) is 0 Å². The van der Waals surface area contributed by atoms with E-state index >= 15 is 0 Å². The Morgan fingerprint density at radius 3 is 1.65 bits per heavy atom. The largest absolute Gasteiger partial charge is 0.390 e. The molecule has 0 aliphatic heterocycles. The highest BCUT2D eigenvalue weighted by atomic mass is 16.6. The minimum atomic E-state index is -0.704. The van der Waals surface area contributed by atoms with E-state index in [0.717, 1.165) is 0 Å². The summed E-state index contributed by atoms with van der Waals surface area (Å²) in [4.78, 5) is 11.9. The van der Waals surface area contributed by atoms with Crippen molar-refractivity contribution in [3.63, 3.8) is 0 Å². The van der Waals surface area contributed by atoms with Gasteiger partial charge in [-0.15, -0.1) is 0 Å². The van der Waals surface area contributed by atoms with E-state index in [-0.39, 0.29) is 42.2 Å². The zero-order valence-electron chi connectivity index (χ0n) is 18.3. The number of carbonyl (C=O) groups is 1. The molecule has 0 saturated heterocycles. The molecule has 0 bridgehead atoms. The SMILES string of the molecule is CC(C)OC(C)C(CC(OC(C)C)C(O)CCC(=O)C(C)C)OC(C)C. The van der Waals surface area contributed by atoms with Crippen LogP contribution in [-0.4, -0.2) is 53.6 Å². The van der Waals surface area contributed by atoms with Crippen LogP contribution in [0.1, 0.15) is 81.6 Å². The van der Waals surface area contributed by atoms with E-state index in [1.54, 1.807) is 0 Å². The van der Waals surface area contributed by atoms with Crippen molar-refractivity contribution >= 4 is 5.78 Å². The molecule has 0 aromatic rings. The van der Waals surface area contributed by atoms with E-state index in [0.29, 0.717) is 19.3 Å². The minimum absolute atomic E-state index is 0.0110. The number of carbonyl (C=O) groups excluding carboxylic acids is 1. The topological polar surface area (TPSA) is 65.0 Å². The highest BCUT2D eigenvalue weighted by Crippen LogP contribution is 2.21. The first-order chi connectivity index (χ1) is 11.9. The molecule has 0 aliphatic carbocycles. The summed E-state index contributed by atoms with van der Waals surface area (Å²) in [5, 5.41) is 10.7. The Kier molecular flexibility index (Phi) is 12.6. The monoisotopic (exact) mass is 374 g/mol. The van der Waals surface area contributed by atoms with Gasteiger partial charge in [0.15, 0.2) is 0 Å². The van der Waals surface area contributed by atoms with E-state index in [4.69, 9.17) is 14.2 Å². The molecule has 0 spiro atoms. The zero-order chi connectivity index (χ0) is 20.4. The Hall–Kier alpha value is -0.490. The van der Waals surface area contributed by atoms with E-state index in [9.17, 15) is 9.90 Å². The average molecular weight is 375 g/mol. The van der Waals surface area contributed by atoms with Crippen molar-refractivity contribution in [2.45, 2.75) is 124 Å². The van der Waals surface area contributed by atoms with Gasteiger partial charge < -0.3 is 19.3 Å². The van der Waals surface area contributed by atoms with Gasteiger partial charge in [-0.1, -0.05) is 13.8 Å². The van der Waals surface area contributed by atoms with Gasteiger partial charge >= 0.3 is 0 Å². The number of ketones is 1. The fourth-order valence-corrected chi connectivity index (χ4v) is 2.87. The van der Waals surface area contributed by atoms with Crippen LogP contribution in [0.2, 0.25) is 0 Å². The molecule has 4 unspecified atom stereocenters. The van der Waals surface area contributed by atoms with E-state index in [2.05, 4.69) is 0 Å². The second-order valence-corrected chi connectivity index (χ2v) is 8.30. The first kappa shape index (κ1) is 25.5. The lowest BCUT2D eigenvalue weighted by Crippen LogP contribution is -2.41. The molecule has 1 N–H and O–H groups in total. The molecule has 5 heteroatoms. The van der Waals surface area contributed by atoms with Crippen molar-refractivity contribution in [3.05, 3.63) is 0 Å². The third kappa shape index (κ3) is 11.3. The van der Waals surface area contributed by atoms with E-state index in [1.165, 1.54) is 0 Å². The van der Waals surface area contributed by atoms with E-state index in [1.807, 2.05) is 62.3 Å². The lowest BCUT2D eigenvalue weighted by molar-refractivity contribution is -0.143. The Balaban J connectivity index is 5.05. The molecule has 0 heterocycles. The van der Waals surface area contributed by atoms with Crippen LogP contribution in [0.3, 0.4) is 0 Å². The molecular weight excluding hydrogens is 332 g/mol. The number of hydrogen-bond donors (Lipinski definition) is 1. The number of ether oxygens (including phenoxy) is 3. The van der Waals surface area contributed by atoms with Crippen LogP contribution < -0.4 is 0 Å². The number of aliphatic hydroxyl groups is 1. The summed E-state index contributed by atoms with van der Waals surface area (Å²) in [5.74, 6) is 0.155. The second kappa shape index (κ2) is 12.8. The third-order valence-electron chi connectivity index (χ3n) is 4.13. The molecule has 0 aliphatic rings. The van der Waals surface area contributed by atoms with Gasteiger partial charge in [-0.2, -0.15) is 0 Å². The van der Waals surface area contributed by atoms with Crippen LogP contribution in [0.4, 0.5) is 0 Å². The predicted molar refractivity (Wildman–Crippen MR) is 105 cm³/mol. The number of hydrogen-bond acceptors (Lipinski definition) is 5. The van der Waals surface area contributed by atoms with Gasteiger partial charge in [0.2, 0.25) is 0 Å². The Morgan fingerprint density at radius 1 is 0.769 bits per heavy atom. The fraction of sp³-hybridized carbons (Fsp3) is 0.952. The molecule has 0 amide bonds. The Morgan fingerprint density at radius 2 is 1.23 bits per heavy atom. The van der Waals surface area contributed by atoms with Crippen molar-refractivity contribution in [2.75, 3.05) is 0 Å². The standard InChI is InChI=1S/C21H42O5/c1-13(2)18(22)10-11-19(23)21(26-16(7)8)12-20(25-15(5)6)17(9)24-14(3)4/h13-17,19-21,23H,10-12H2,1-9H3. The van der Waals surface area contributed by atoms with Crippen LogP contribution >= 0.6 is 0 Å².